The maximum Gasteiger partial charge on any atom is 0.0324 e. The molecule has 0 bridgehead atoms. The predicted octanol–water partition coefficient (Wildman–Crippen LogP) is 3.46. The quantitative estimate of drug-likeness (QED) is 0.562. The van der Waals surface area contributed by atoms with E-state index in [2.05, 4.69) is 38.1 Å². The average molecular weight is 188 g/mol. The van der Waals surface area contributed by atoms with E-state index in [4.69, 9.17) is 12.2 Å². The molecule has 0 heterocycles. The van der Waals surface area contributed by atoms with E-state index in [9.17, 15) is 0 Å². The van der Waals surface area contributed by atoms with E-state index in [-0.39, 0.29) is 5.41 Å². The molecule has 1 heteroatoms. The molecule has 0 atom stereocenters. The standard InChI is InChI=1S/C12H12S/c1-12(2)8-7-9-5-3-4-6-10(9)11(12)13/h3-8H,1-2H3. The van der Waals surface area contributed by atoms with Crippen LogP contribution >= 0.6 is 12.2 Å². The van der Waals surface area contributed by atoms with Crippen LogP contribution in [0.4, 0.5) is 0 Å². The summed E-state index contributed by atoms with van der Waals surface area (Å²) in [4.78, 5) is 1.05. The molecule has 0 spiro atoms. The summed E-state index contributed by atoms with van der Waals surface area (Å²) in [5.41, 5.74) is 2.49. The Morgan fingerprint density at radius 3 is 2.62 bits per heavy atom. The van der Waals surface area contributed by atoms with Gasteiger partial charge in [-0.05, 0) is 11.1 Å². The third-order valence-electron chi connectivity index (χ3n) is 2.47. The molecule has 0 aromatic heterocycles. The Kier molecular flexibility index (Phi) is 1.85. The smallest absolute Gasteiger partial charge is 0.0324 e. The maximum absolute atomic E-state index is 5.45. The lowest BCUT2D eigenvalue weighted by molar-refractivity contribution is 0.688. The number of benzene rings is 1. The molecule has 13 heavy (non-hydrogen) atoms. The molecule has 0 radical (unpaired) electrons. The van der Waals surface area contributed by atoms with Crippen molar-refractivity contribution in [2.45, 2.75) is 13.8 Å². The lowest BCUT2D eigenvalue weighted by Crippen LogP contribution is -2.24. The van der Waals surface area contributed by atoms with Gasteiger partial charge >= 0.3 is 0 Å². The Labute approximate surface area is 84.3 Å². The van der Waals surface area contributed by atoms with Crippen LogP contribution in [0.15, 0.2) is 30.3 Å². The monoisotopic (exact) mass is 188 g/mol. The summed E-state index contributed by atoms with van der Waals surface area (Å²) in [6.07, 6.45) is 4.34. The second-order valence-corrected chi connectivity index (χ2v) is 4.38. The fourth-order valence-corrected chi connectivity index (χ4v) is 1.82. The summed E-state index contributed by atoms with van der Waals surface area (Å²) in [6.45, 7) is 4.31. The molecule has 66 valence electrons. The minimum Gasteiger partial charge on any atom is -0.0833 e. The fraction of sp³-hybridized carbons (Fsp3) is 0.250. The van der Waals surface area contributed by atoms with E-state index in [0.717, 1.165) is 4.86 Å². The van der Waals surface area contributed by atoms with Gasteiger partial charge in [0.25, 0.3) is 0 Å². The third kappa shape index (κ3) is 1.33. The summed E-state index contributed by atoms with van der Waals surface area (Å²) in [7, 11) is 0. The lowest BCUT2D eigenvalue weighted by atomic mass is 9.79. The number of rotatable bonds is 0. The van der Waals surface area contributed by atoms with Crippen molar-refractivity contribution in [3.05, 3.63) is 41.5 Å². The van der Waals surface area contributed by atoms with Crippen LogP contribution in [0.2, 0.25) is 0 Å². The van der Waals surface area contributed by atoms with Gasteiger partial charge < -0.3 is 0 Å². The van der Waals surface area contributed by atoms with Crippen LogP contribution in [0.5, 0.6) is 0 Å². The van der Waals surface area contributed by atoms with Crippen molar-refractivity contribution in [2.75, 3.05) is 0 Å². The Balaban J connectivity index is 2.62. The van der Waals surface area contributed by atoms with Gasteiger partial charge in [-0.2, -0.15) is 0 Å². The molecule has 1 aromatic carbocycles. The lowest BCUT2D eigenvalue weighted by Gasteiger charge is -2.27. The Morgan fingerprint density at radius 2 is 1.85 bits per heavy atom. The van der Waals surface area contributed by atoms with Crippen LogP contribution in [0.25, 0.3) is 6.08 Å². The molecule has 0 unspecified atom stereocenters. The molecule has 1 aromatic rings. The highest BCUT2D eigenvalue weighted by molar-refractivity contribution is 7.81. The Hall–Kier alpha value is -0.950. The summed E-state index contributed by atoms with van der Waals surface area (Å²) < 4.78 is 0. The third-order valence-corrected chi connectivity index (χ3v) is 3.22. The maximum atomic E-state index is 5.45. The van der Waals surface area contributed by atoms with E-state index in [1.54, 1.807) is 0 Å². The van der Waals surface area contributed by atoms with Crippen molar-refractivity contribution in [1.82, 2.24) is 0 Å². The van der Waals surface area contributed by atoms with Crippen LogP contribution in [-0.4, -0.2) is 4.86 Å². The van der Waals surface area contributed by atoms with E-state index >= 15 is 0 Å². The van der Waals surface area contributed by atoms with Crippen molar-refractivity contribution in [2.24, 2.45) is 5.41 Å². The zero-order chi connectivity index (χ0) is 9.47. The number of thiocarbonyl (C=S) groups is 1. The van der Waals surface area contributed by atoms with Crippen LogP contribution in [-0.2, 0) is 0 Å². The first-order valence-corrected chi connectivity index (χ1v) is 4.85. The second kappa shape index (κ2) is 2.78. The molecule has 0 amide bonds. The second-order valence-electron chi connectivity index (χ2n) is 3.97. The van der Waals surface area contributed by atoms with Crippen molar-refractivity contribution in [3.8, 4) is 0 Å². The molecule has 1 aliphatic carbocycles. The van der Waals surface area contributed by atoms with E-state index in [0.29, 0.717) is 0 Å². The fourth-order valence-electron chi connectivity index (χ4n) is 1.57. The van der Waals surface area contributed by atoms with Gasteiger partial charge in [-0.1, -0.05) is 62.5 Å². The number of fused-ring (bicyclic) bond motifs is 1. The molecule has 0 N–H and O–H groups in total. The molecule has 0 fully saturated rings. The van der Waals surface area contributed by atoms with E-state index < -0.39 is 0 Å². The zero-order valence-electron chi connectivity index (χ0n) is 7.87. The molecular weight excluding hydrogens is 176 g/mol. The van der Waals surface area contributed by atoms with Crippen molar-refractivity contribution >= 4 is 23.2 Å². The van der Waals surface area contributed by atoms with Gasteiger partial charge in [0, 0.05) is 10.3 Å². The van der Waals surface area contributed by atoms with Crippen molar-refractivity contribution < 1.29 is 0 Å². The van der Waals surface area contributed by atoms with Crippen molar-refractivity contribution in [3.63, 3.8) is 0 Å². The Morgan fingerprint density at radius 1 is 1.15 bits per heavy atom. The molecule has 0 saturated heterocycles. The molecule has 2 rings (SSSR count). The van der Waals surface area contributed by atoms with Crippen molar-refractivity contribution in [1.29, 1.82) is 0 Å². The highest BCUT2D eigenvalue weighted by atomic mass is 32.1. The van der Waals surface area contributed by atoms with E-state index in [1.165, 1.54) is 11.1 Å². The summed E-state index contributed by atoms with van der Waals surface area (Å²) >= 11 is 5.45. The van der Waals surface area contributed by atoms with Crippen LogP contribution in [0, 0.1) is 5.41 Å². The first-order chi connectivity index (χ1) is 6.11. The molecular formula is C12H12S. The first kappa shape index (κ1) is 8.64. The predicted molar refractivity (Wildman–Crippen MR) is 61.0 cm³/mol. The SMILES string of the molecule is CC1(C)C=Cc2ccccc2C1=S. The average Bonchev–Trinajstić information content (AvgIpc) is 2.13. The zero-order valence-corrected chi connectivity index (χ0v) is 8.69. The minimum absolute atomic E-state index is 0.0314. The van der Waals surface area contributed by atoms with Crippen LogP contribution < -0.4 is 0 Å². The van der Waals surface area contributed by atoms with Gasteiger partial charge in [0.1, 0.15) is 0 Å². The normalized spacial score (nSPS) is 18.5. The van der Waals surface area contributed by atoms with Gasteiger partial charge in [0.15, 0.2) is 0 Å². The van der Waals surface area contributed by atoms with E-state index in [1.807, 2.05) is 12.1 Å². The number of hydrogen-bond acceptors (Lipinski definition) is 1. The van der Waals surface area contributed by atoms with Gasteiger partial charge in [-0.3, -0.25) is 0 Å². The topological polar surface area (TPSA) is 0 Å². The minimum atomic E-state index is 0.0314. The van der Waals surface area contributed by atoms with Gasteiger partial charge in [-0.15, -0.1) is 0 Å². The summed E-state index contributed by atoms with van der Waals surface area (Å²) in [6, 6.07) is 8.29. The van der Waals surface area contributed by atoms with Gasteiger partial charge in [-0.25, -0.2) is 0 Å². The first-order valence-electron chi connectivity index (χ1n) is 4.44. The van der Waals surface area contributed by atoms with Crippen LogP contribution in [0.3, 0.4) is 0 Å². The summed E-state index contributed by atoms with van der Waals surface area (Å²) in [5, 5.41) is 0. The molecule has 0 saturated carbocycles. The van der Waals surface area contributed by atoms with Crippen LogP contribution in [0.1, 0.15) is 25.0 Å². The largest absolute Gasteiger partial charge is 0.0833 e. The van der Waals surface area contributed by atoms with Gasteiger partial charge in [0.2, 0.25) is 0 Å². The highest BCUT2D eigenvalue weighted by Crippen LogP contribution is 2.32. The molecule has 1 aliphatic rings. The molecule has 0 aliphatic heterocycles. The summed E-state index contributed by atoms with van der Waals surface area (Å²) in [5.74, 6) is 0. The van der Waals surface area contributed by atoms with Gasteiger partial charge in [0.05, 0.1) is 0 Å². The molecule has 0 nitrogen and oxygen atoms in total. The highest BCUT2D eigenvalue weighted by Gasteiger charge is 2.25. The number of allylic oxidation sites excluding steroid dienone is 1. The Bertz CT molecular complexity index is 386. The number of hydrogen-bond donors (Lipinski definition) is 0.